The zero-order chi connectivity index (χ0) is 14.3. The first-order valence-corrected chi connectivity index (χ1v) is 7.39. The summed E-state index contributed by atoms with van der Waals surface area (Å²) in [5.74, 6) is -0.221. The summed E-state index contributed by atoms with van der Waals surface area (Å²) in [6.45, 7) is 6.61. The van der Waals surface area contributed by atoms with Crippen molar-refractivity contribution in [1.29, 1.82) is 0 Å². The molecule has 1 fully saturated rings. The third-order valence-corrected chi connectivity index (χ3v) is 4.72. The van der Waals surface area contributed by atoms with E-state index in [4.69, 9.17) is 0 Å². The van der Waals surface area contributed by atoms with Gasteiger partial charge in [-0.15, -0.1) is 23.7 Å². The number of fused-ring (bicyclic) bond motifs is 1. The molecule has 21 heavy (non-hydrogen) atoms. The van der Waals surface area contributed by atoms with Gasteiger partial charge >= 0.3 is 0 Å². The Hall–Kier alpha value is -1.44. The van der Waals surface area contributed by atoms with Gasteiger partial charge in [0.2, 0.25) is 0 Å². The number of carbonyl (C=O) groups is 1. The second-order valence-corrected chi connectivity index (χ2v) is 6.06. The van der Waals surface area contributed by atoms with E-state index in [1.807, 2.05) is 13.8 Å². The Morgan fingerprint density at radius 2 is 2.00 bits per heavy atom. The van der Waals surface area contributed by atoms with Gasteiger partial charge in [0.1, 0.15) is 5.56 Å². The lowest BCUT2D eigenvalue weighted by molar-refractivity contribution is 0.0733. The predicted octanol–water partition coefficient (Wildman–Crippen LogP) is 0.840. The first-order valence-electron chi connectivity index (χ1n) is 6.57. The highest BCUT2D eigenvalue weighted by molar-refractivity contribution is 7.17. The third kappa shape index (κ3) is 2.68. The van der Waals surface area contributed by atoms with Gasteiger partial charge in [-0.05, 0) is 13.8 Å². The molecule has 0 aliphatic carbocycles. The number of piperazine rings is 1. The molecule has 0 bridgehead atoms. The van der Waals surface area contributed by atoms with Crippen LogP contribution in [0.3, 0.4) is 0 Å². The fourth-order valence-corrected chi connectivity index (χ4v) is 3.29. The molecule has 2 aromatic heterocycles. The SMILES string of the molecule is Cc1sc2ncc(C(=O)N3CCNCC3)c(=O)n2c1C.Cl. The molecule has 1 N–H and O–H groups in total. The minimum Gasteiger partial charge on any atom is -0.336 e. The standard InChI is InChI=1S/C13H16N4O2S.ClH/c1-8-9(2)20-13-15-7-10(12(19)17(8)13)11(18)16-5-3-14-4-6-16;/h7,14H,3-6H2,1-2H3;1H. The van der Waals surface area contributed by atoms with Crippen LogP contribution in [-0.4, -0.2) is 46.4 Å². The maximum absolute atomic E-state index is 12.5. The molecule has 1 aliphatic rings. The number of nitrogens with zero attached hydrogens (tertiary/aromatic N) is 3. The van der Waals surface area contributed by atoms with Crippen molar-refractivity contribution in [1.82, 2.24) is 19.6 Å². The topological polar surface area (TPSA) is 66.7 Å². The van der Waals surface area contributed by atoms with Crippen LogP contribution in [0.1, 0.15) is 20.9 Å². The summed E-state index contributed by atoms with van der Waals surface area (Å²) in [6, 6.07) is 0. The van der Waals surface area contributed by atoms with Gasteiger partial charge in [-0.3, -0.25) is 14.0 Å². The highest BCUT2D eigenvalue weighted by atomic mass is 35.5. The van der Waals surface area contributed by atoms with Crippen LogP contribution in [0.25, 0.3) is 4.96 Å². The van der Waals surface area contributed by atoms with E-state index in [0.717, 1.165) is 23.7 Å². The number of aromatic nitrogens is 2. The average Bonchev–Trinajstić information content (AvgIpc) is 2.75. The minimum absolute atomic E-state index is 0. The molecule has 0 unspecified atom stereocenters. The van der Waals surface area contributed by atoms with Crippen LogP contribution in [-0.2, 0) is 0 Å². The summed E-state index contributed by atoms with van der Waals surface area (Å²) in [4.78, 5) is 32.6. The molecule has 0 aromatic carbocycles. The number of hydrogen-bond acceptors (Lipinski definition) is 5. The van der Waals surface area contributed by atoms with Crippen LogP contribution in [0.5, 0.6) is 0 Å². The summed E-state index contributed by atoms with van der Waals surface area (Å²) in [5.41, 5.74) is 0.753. The largest absolute Gasteiger partial charge is 0.336 e. The Morgan fingerprint density at radius 1 is 1.33 bits per heavy atom. The number of amides is 1. The normalized spacial score (nSPS) is 15.0. The van der Waals surface area contributed by atoms with Gasteiger partial charge in [-0.2, -0.15) is 0 Å². The van der Waals surface area contributed by atoms with E-state index >= 15 is 0 Å². The Labute approximate surface area is 132 Å². The zero-order valence-corrected chi connectivity index (χ0v) is 13.5. The van der Waals surface area contributed by atoms with Gasteiger partial charge < -0.3 is 10.2 Å². The van der Waals surface area contributed by atoms with E-state index in [1.54, 1.807) is 4.90 Å². The van der Waals surface area contributed by atoms with E-state index in [0.29, 0.717) is 18.1 Å². The highest BCUT2D eigenvalue weighted by Gasteiger charge is 2.22. The van der Waals surface area contributed by atoms with Gasteiger partial charge in [0.15, 0.2) is 4.96 Å². The second-order valence-electron chi connectivity index (χ2n) is 4.88. The Kier molecular flexibility index (Phi) is 4.65. The summed E-state index contributed by atoms with van der Waals surface area (Å²) < 4.78 is 1.54. The first kappa shape index (κ1) is 15.9. The van der Waals surface area contributed by atoms with Crippen molar-refractivity contribution in [3.05, 3.63) is 32.7 Å². The van der Waals surface area contributed by atoms with Crippen molar-refractivity contribution in [3.8, 4) is 0 Å². The molecule has 0 saturated carbocycles. The van der Waals surface area contributed by atoms with Crippen molar-refractivity contribution in [3.63, 3.8) is 0 Å². The number of carbonyl (C=O) groups excluding carboxylic acids is 1. The lowest BCUT2D eigenvalue weighted by Crippen LogP contribution is -2.47. The van der Waals surface area contributed by atoms with Crippen LogP contribution in [0.2, 0.25) is 0 Å². The van der Waals surface area contributed by atoms with E-state index < -0.39 is 0 Å². The number of halogens is 1. The van der Waals surface area contributed by atoms with E-state index in [-0.39, 0.29) is 29.4 Å². The Balaban J connectivity index is 0.00000161. The number of rotatable bonds is 1. The zero-order valence-electron chi connectivity index (χ0n) is 11.9. The first-order chi connectivity index (χ1) is 9.59. The molecule has 0 radical (unpaired) electrons. The summed E-state index contributed by atoms with van der Waals surface area (Å²) >= 11 is 1.47. The highest BCUT2D eigenvalue weighted by Crippen LogP contribution is 2.18. The van der Waals surface area contributed by atoms with Crippen molar-refractivity contribution in [2.45, 2.75) is 13.8 Å². The van der Waals surface area contributed by atoms with E-state index in [9.17, 15) is 9.59 Å². The molecular weight excluding hydrogens is 312 g/mol. The summed E-state index contributed by atoms with van der Waals surface area (Å²) in [6.07, 6.45) is 1.41. The average molecular weight is 329 g/mol. The number of nitrogens with one attached hydrogen (secondary N) is 1. The van der Waals surface area contributed by atoms with Crippen LogP contribution >= 0.6 is 23.7 Å². The second kappa shape index (κ2) is 6.13. The van der Waals surface area contributed by atoms with Crippen molar-refractivity contribution in [2.75, 3.05) is 26.2 Å². The van der Waals surface area contributed by atoms with E-state index in [2.05, 4.69) is 10.3 Å². The summed E-state index contributed by atoms with van der Waals surface area (Å²) in [5, 5.41) is 3.19. The minimum atomic E-state index is -0.264. The van der Waals surface area contributed by atoms with Gasteiger partial charge in [0.05, 0.1) is 0 Å². The molecule has 3 heterocycles. The molecule has 0 spiro atoms. The third-order valence-electron chi connectivity index (χ3n) is 3.65. The quantitative estimate of drug-likeness (QED) is 0.842. The van der Waals surface area contributed by atoms with Crippen LogP contribution in [0.15, 0.2) is 11.0 Å². The maximum Gasteiger partial charge on any atom is 0.271 e. The smallest absolute Gasteiger partial charge is 0.271 e. The molecule has 2 aromatic rings. The van der Waals surface area contributed by atoms with Crippen LogP contribution < -0.4 is 10.9 Å². The van der Waals surface area contributed by atoms with Gasteiger partial charge in [-0.1, -0.05) is 0 Å². The molecule has 1 amide bonds. The molecule has 0 atom stereocenters. The lowest BCUT2D eigenvalue weighted by atomic mass is 10.2. The van der Waals surface area contributed by atoms with Crippen molar-refractivity contribution >= 4 is 34.6 Å². The lowest BCUT2D eigenvalue weighted by Gasteiger charge is -2.27. The number of thiazole rings is 1. The van der Waals surface area contributed by atoms with Gasteiger partial charge in [0, 0.05) is 42.9 Å². The predicted molar refractivity (Wildman–Crippen MR) is 84.8 cm³/mol. The summed E-state index contributed by atoms with van der Waals surface area (Å²) in [7, 11) is 0. The Morgan fingerprint density at radius 3 is 2.67 bits per heavy atom. The van der Waals surface area contributed by atoms with Crippen molar-refractivity contribution < 1.29 is 4.79 Å². The number of hydrogen-bond donors (Lipinski definition) is 1. The Bertz CT molecular complexity index is 734. The van der Waals surface area contributed by atoms with Crippen molar-refractivity contribution in [2.24, 2.45) is 0 Å². The fourth-order valence-electron chi connectivity index (χ4n) is 2.36. The van der Waals surface area contributed by atoms with Crippen LogP contribution in [0, 0.1) is 13.8 Å². The fraction of sp³-hybridized carbons (Fsp3) is 0.462. The molecular formula is C13H17ClN4O2S. The van der Waals surface area contributed by atoms with Crippen LogP contribution in [0.4, 0.5) is 0 Å². The molecule has 1 saturated heterocycles. The molecule has 114 valence electrons. The van der Waals surface area contributed by atoms with Gasteiger partial charge in [0.25, 0.3) is 11.5 Å². The molecule has 3 rings (SSSR count). The molecule has 8 heteroatoms. The molecule has 6 nitrogen and oxygen atoms in total. The maximum atomic E-state index is 12.5. The van der Waals surface area contributed by atoms with Gasteiger partial charge in [-0.25, -0.2) is 4.98 Å². The number of aryl methyl sites for hydroxylation is 2. The van der Waals surface area contributed by atoms with E-state index in [1.165, 1.54) is 21.9 Å². The molecule has 1 aliphatic heterocycles. The monoisotopic (exact) mass is 328 g/mol.